The van der Waals surface area contributed by atoms with Crippen molar-refractivity contribution >= 4 is 17.7 Å². The number of hydrogen-bond acceptors (Lipinski definition) is 5. The van der Waals surface area contributed by atoms with Crippen LogP contribution in [-0.4, -0.2) is 30.9 Å². The molecule has 5 heteroatoms. The smallest absolute Gasteiger partial charge is 0.317 e. The summed E-state index contributed by atoms with van der Waals surface area (Å²) >= 11 is 0. The van der Waals surface area contributed by atoms with Gasteiger partial charge in [-0.2, -0.15) is 0 Å². The first-order valence-corrected chi connectivity index (χ1v) is 3.87. The van der Waals surface area contributed by atoms with Gasteiger partial charge >= 0.3 is 11.9 Å². The zero-order valence-corrected chi connectivity index (χ0v) is 7.66. The molecular weight excluding hydrogens is 176 g/mol. The van der Waals surface area contributed by atoms with Crippen LogP contribution in [0.25, 0.3) is 0 Å². The highest BCUT2D eigenvalue weighted by Crippen LogP contribution is 1.90. The van der Waals surface area contributed by atoms with Crippen molar-refractivity contribution in [2.75, 3.05) is 13.2 Å². The summed E-state index contributed by atoms with van der Waals surface area (Å²) in [6.07, 6.45) is -0.443. The van der Waals surface area contributed by atoms with E-state index in [1.165, 1.54) is 6.92 Å². The third-order valence-corrected chi connectivity index (χ3v) is 1.03. The Bertz CT molecular complexity index is 209. The van der Waals surface area contributed by atoms with Crippen molar-refractivity contribution in [2.24, 2.45) is 0 Å². The SMILES string of the molecule is CCOC(=O)CC(=O)OCC(C)=O. The molecule has 0 aliphatic rings. The van der Waals surface area contributed by atoms with Gasteiger partial charge in [-0.05, 0) is 13.8 Å². The average Bonchev–Trinajstić information content (AvgIpc) is 2.01. The molecule has 0 spiro atoms. The van der Waals surface area contributed by atoms with Gasteiger partial charge in [-0.25, -0.2) is 0 Å². The molecule has 0 N–H and O–H groups in total. The highest BCUT2D eigenvalue weighted by atomic mass is 16.6. The fraction of sp³-hybridized carbons (Fsp3) is 0.625. The Balaban J connectivity index is 3.62. The molecule has 0 amide bonds. The Hall–Kier alpha value is -1.39. The molecule has 0 saturated carbocycles. The van der Waals surface area contributed by atoms with Crippen LogP contribution >= 0.6 is 0 Å². The van der Waals surface area contributed by atoms with Gasteiger partial charge in [0.2, 0.25) is 0 Å². The van der Waals surface area contributed by atoms with Crippen molar-refractivity contribution < 1.29 is 23.9 Å². The van der Waals surface area contributed by atoms with Gasteiger partial charge in [-0.15, -0.1) is 0 Å². The van der Waals surface area contributed by atoms with E-state index in [2.05, 4.69) is 9.47 Å². The third-order valence-electron chi connectivity index (χ3n) is 1.03. The minimum Gasteiger partial charge on any atom is -0.466 e. The number of Topliss-reactive ketones (excluding diaryl/α,β-unsaturated/α-hetero) is 1. The molecule has 0 fully saturated rings. The molecule has 0 aromatic carbocycles. The molecule has 0 rings (SSSR count). The summed E-state index contributed by atoms with van der Waals surface area (Å²) in [6.45, 7) is 2.85. The van der Waals surface area contributed by atoms with E-state index < -0.39 is 18.4 Å². The first-order valence-electron chi connectivity index (χ1n) is 3.87. The zero-order chi connectivity index (χ0) is 10.3. The first-order chi connectivity index (χ1) is 6.06. The van der Waals surface area contributed by atoms with E-state index in [0.717, 1.165) is 0 Å². The third kappa shape index (κ3) is 6.99. The van der Waals surface area contributed by atoms with Crippen LogP contribution in [0, 0.1) is 0 Å². The van der Waals surface area contributed by atoms with Gasteiger partial charge in [0.1, 0.15) is 13.0 Å². The Labute approximate surface area is 76.0 Å². The van der Waals surface area contributed by atoms with Crippen molar-refractivity contribution in [2.45, 2.75) is 20.3 Å². The molecule has 0 heterocycles. The molecule has 0 aromatic rings. The van der Waals surface area contributed by atoms with E-state index in [4.69, 9.17) is 0 Å². The number of esters is 2. The van der Waals surface area contributed by atoms with Gasteiger partial charge in [0.05, 0.1) is 6.61 Å². The largest absolute Gasteiger partial charge is 0.466 e. The molecule has 74 valence electrons. The summed E-state index contributed by atoms with van der Waals surface area (Å²) in [7, 11) is 0. The van der Waals surface area contributed by atoms with Gasteiger partial charge in [-0.1, -0.05) is 0 Å². The van der Waals surface area contributed by atoms with Crippen molar-refractivity contribution in [3.63, 3.8) is 0 Å². The lowest BCUT2D eigenvalue weighted by Crippen LogP contribution is -2.16. The van der Waals surface area contributed by atoms with Crippen LogP contribution in [0.2, 0.25) is 0 Å². The molecule has 0 aliphatic heterocycles. The van der Waals surface area contributed by atoms with Crippen LogP contribution in [-0.2, 0) is 23.9 Å². The Morgan fingerprint density at radius 2 is 1.62 bits per heavy atom. The fourth-order valence-electron chi connectivity index (χ4n) is 0.563. The van der Waals surface area contributed by atoms with Crippen LogP contribution in [0.3, 0.4) is 0 Å². The molecule has 0 radical (unpaired) electrons. The molecule has 0 saturated heterocycles. The summed E-state index contributed by atoms with van der Waals surface area (Å²) in [4.78, 5) is 31.8. The minimum absolute atomic E-state index is 0.221. The second kappa shape index (κ2) is 6.16. The quantitative estimate of drug-likeness (QED) is 0.451. The van der Waals surface area contributed by atoms with Gasteiger partial charge < -0.3 is 9.47 Å². The molecule has 13 heavy (non-hydrogen) atoms. The van der Waals surface area contributed by atoms with E-state index in [0.29, 0.717) is 0 Å². The second-order valence-electron chi connectivity index (χ2n) is 2.34. The predicted molar refractivity (Wildman–Crippen MR) is 42.9 cm³/mol. The van der Waals surface area contributed by atoms with Crippen molar-refractivity contribution in [1.82, 2.24) is 0 Å². The predicted octanol–water partition coefficient (Wildman–Crippen LogP) is 0.0718. The average molecular weight is 188 g/mol. The first kappa shape index (κ1) is 11.6. The maximum Gasteiger partial charge on any atom is 0.317 e. The lowest BCUT2D eigenvalue weighted by molar-refractivity contribution is -0.156. The van der Waals surface area contributed by atoms with E-state index in [-0.39, 0.29) is 19.0 Å². The summed E-state index contributed by atoms with van der Waals surface area (Å²) in [5.74, 6) is -1.65. The number of carbonyl (C=O) groups is 3. The van der Waals surface area contributed by atoms with Gasteiger partial charge in [0.25, 0.3) is 0 Å². The van der Waals surface area contributed by atoms with Crippen LogP contribution in [0.5, 0.6) is 0 Å². The number of carbonyl (C=O) groups excluding carboxylic acids is 3. The number of ether oxygens (including phenoxy) is 2. The molecule has 0 aliphatic carbocycles. The lowest BCUT2D eigenvalue weighted by atomic mass is 10.4. The highest BCUT2D eigenvalue weighted by Gasteiger charge is 2.11. The second-order valence-corrected chi connectivity index (χ2v) is 2.34. The Kier molecular flexibility index (Phi) is 5.50. The summed E-state index contributed by atoms with van der Waals surface area (Å²) in [5, 5.41) is 0. The highest BCUT2D eigenvalue weighted by molar-refractivity contribution is 5.92. The Morgan fingerprint density at radius 3 is 2.08 bits per heavy atom. The minimum atomic E-state index is -0.742. The molecule has 0 aromatic heterocycles. The standard InChI is InChI=1S/C8H12O5/c1-3-12-7(10)4-8(11)13-5-6(2)9/h3-5H2,1-2H3. The normalized spacial score (nSPS) is 9.08. The van der Waals surface area contributed by atoms with Gasteiger partial charge in [-0.3, -0.25) is 14.4 Å². The number of ketones is 1. The lowest BCUT2D eigenvalue weighted by Gasteiger charge is -2.01. The number of rotatable bonds is 5. The molecular formula is C8H12O5. The van der Waals surface area contributed by atoms with Crippen LogP contribution < -0.4 is 0 Å². The van der Waals surface area contributed by atoms with Crippen LogP contribution in [0.15, 0.2) is 0 Å². The molecule has 0 atom stereocenters. The van der Waals surface area contributed by atoms with E-state index in [1.54, 1.807) is 6.92 Å². The monoisotopic (exact) mass is 188 g/mol. The van der Waals surface area contributed by atoms with Crippen molar-refractivity contribution in [3.8, 4) is 0 Å². The van der Waals surface area contributed by atoms with Gasteiger partial charge in [0, 0.05) is 0 Å². The Morgan fingerprint density at radius 1 is 1.08 bits per heavy atom. The maximum absolute atomic E-state index is 10.8. The van der Waals surface area contributed by atoms with Crippen LogP contribution in [0.4, 0.5) is 0 Å². The number of hydrogen-bond donors (Lipinski definition) is 0. The van der Waals surface area contributed by atoms with Crippen LogP contribution in [0.1, 0.15) is 20.3 Å². The van der Waals surface area contributed by atoms with Crippen molar-refractivity contribution in [3.05, 3.63) is 0 Å². The van der Waals surface area contributed by atoms with E-state index in [1.807, 2.05) is 0 Å². The zero-order valence-electron chi connectivity index (χ0n) is 7.66. The summed E-state index contributed by atoms with van der Waals surface area (Å²) in [6, 6.07) is 0. The van der Waals surface area contributed by atoms with Gasteiger partial charge in [0.15, 0.2) is 5.78 Å². The fourth-order valence-corrected chi connectivity index (χ4v) is 0.563. The molecule has 0 bridgehead atoms. The van der Waals surface area contributed by atoms with Crippen molar-refractivity contribution in [1.29, 1.82) is 0 Å². The molecule has 5 nitrogen and oxygen atoms in total. The maximum atomic E-state index is 10.8. The summed E-state index contributed by atoms with van der Waals surface area (Å²) in [5.41, 5.74) is 0. The topological polar surface area (TPSA) is 69.7 Å². The van der Waals surface area contributed by atoms with E-state index in [9.17, 15) is 14.4 Å². The summed E-state index contributed by atoms with van der Waals surface area (Å²) < 4.78 is 8.93. The molecule has 0 unspecified atom stereocenters. The van der Waals surface area contributed by atoms with E-state index >= 15 is 0 Å².